The Labute approximate surface area is 210 Å². The molecule has 37 heavy (non-hydrogen) atoms. The molecule has 3 aromatic rings. The van der Waals surface area contributed by atoms with Crippen LogP contribution in [0.3, 0.4) is 0 Å². The average Bonchev–Trinajstić information content (AvgIpc) is 2.80. The summed E-state index contributed by atoms with van der Waals surface area (Å²) >= 11 is 5.80. The Bertz CT molecular complexity index is 1260. The lowest BCUT2D eigenvalue weighted by atomic mass is 10.2. The van der Waals surface area contributed by atoms with Gasteiger partial charge in [-0.3, -0.25) is 10.1 Å². The van der Waals surface area contributed by atoms with Crippen LogP contribution in [0.25, 0.3) is 0 Å². The predicted octanol–water partition coefficient (Wildman–Crippen LogP) is 6.33. The van der Waals surface area contributed by atoms with E-state index in [1.807, 2.05) is 0 Å². The third kappa shape index (κ3) is 7.93. The summed E-state index contributed by atoms with van der Waals surface area (Å²) in [7, 11) is 0. The highest BCUT2D eigenvalue weighted by Gasteiger charge is 2.31. The quantitative estimate of drug-likeness (QED) is 0.234. The smallest absolute Gasteiger partial charge is 0.416 e. The van der Waals surface area contributed by atoms with Crippen molar-refractivity contribution in [3.8, 4) is 17.2 Å². The molecule has 0 aliphatic heterocycles. The highest BCUT2D eigenvalue weighted by atomic mass is 35.5. The topological polar surface area (TPSA) is 151 Å². The Kier molecular flexibility index (Phi) is 9.54. The van der Waals surface area contributed by atoms with Crippen molar-refractivity contribution in [1.82, 2.24) is 0 Å². The summed E-state index contributed by atoms with van der Waals surface area (Å²) in [5.41, 5.74) is -1.24. The number of hydrogen-bond acceptors (Lipinski definition) is 8. The van der Waals surface area contributed by atoms with E-state index in [0.29, 0.717) is 0 Å². The van der Waals surface area contributed by atoms with Crippen LogP contribution in [0.2, 0.25) is 5.02 Å². The maximum absolute atomic E-state index is 12.6. The van der Waals surface area contributed by atoms with E-state index in [9.17, 15) is 43.5 Å². The summed E-state index contributed by atoms with van der Waals surface area (Å²) in [4.78, 5) is 30.8. The molecule has 0 heterocycles. The second-order valence-electron chi connectivity index (χ2n) is 6.67. The minimum absolute atomic E-state index is 0.0111. The van der Waals surface area contributed by atoms with Gasteiger partial charge in [-0.1, -0.05) is 29.8 Å². The molecular weight excluding hydrogens is 529 g/mol. The lowest BCUT2D eigenvalue weighted by molar-refractivity contribution is -0.711. The Morgan fingerprint density at radius 2 is 1.51 bits per heavy atom. The van der Waals surface area contributed by atoms with E-state index >= 15 is 0 Å². The number of hydrazine groups is 2. The summed E-state index contributed by atoms with van der Waals surface area (Å²) in [5, 5.41) is 28.8. The second kappa shape index (κ2) is 12.3. The molecule has 0 spiro atoms. The van der Waals surface area contributed by atoms with Crippen LogP contribution in [-0.2, 0) is 6.18 Å². The standard InChI is InChI=1S/C15H11ClF3NO4.C6H5N3O4/c1-2-23-14-8-10(4-5-12(14)20(21)22)24-13-6-3-9(7-11(13)16)15(17,18)19;10-8(11)7(9(12)13)6-4-2-1-3-5-6/h3-8H,2H2,1H3;1-5H. The maximum Gasteiger partial charge on any atom is 0.416 e. The number of nitrogens with zero attached hydrogens (tertiary/aromatic N) is 4. The van der Waals surface area contributed by atoms with Crippen molar-refractivity contribution in [3.63, 3.8) is 0 Å². The second-order valence-corrected chi connectivity index (χ2v) is 7.07. The maximum atomic E-state index is 12.6. The van der Waals surface area contributed by atoms with Gasteiger partial charge in [0.25, 0.3) is 0 Å². The van der Waals surface area contributed by atoms with Crippen LogP contribution in [0.15, 0.2) is 66.7 Å². The largest absolute Gasteiger partial charge is 0.487 e. The third-order valence-corrected chi connectivity index (χ3v) is 4.51. The van der Waals surface area contributed by atoms with E-state index in [-0.39, 0.29) is 45.4 Å². The molecule has 0 N–H and O–H groups in total. The minimum Gasteiger partial charge on any atom is -0.487 e. The highest BCUT2D eigenvalue weighted by Crippen LogP contribution is 2.38. The van der Waals surface area contributed by atoms with Crippen molar-refractivity contribution >= 4 is 23.0 Å². The molecule has 0 radical (unpaired) electrons. The monoisotopic (exact) mass is 544 g/mol. The SMILES string of the molecule is CCOc1cc(Oc2ccc(C(F)(F)F)cc2Cl)ccc1[N+](=O)[O-].O=[N+]([O-])N(c1ccccc1)[N+](=O)[O-]. The zero-order valence-corrected chi connectivity index (χ0v) is 19.4. The molecule has 12 nitrogen and oxygen atoms in total. The van der Waals surface area contributed by atoms with Crippen molar-refractivity contribution < 1.29 is 37.6 Å². The van der Waals surface area contributed by atoms with Gasteiger partial charge in [0.05, 0.1) is 22.1 Å². The Hall–Kier alpha value is -4.66. The summed E-state index contributed by atoms with van der Waals surface area (Å²) in [6.45, 7) is 1.86. The first-order chi connectivity index (χ1) is 17.3. The van der Waals surface area contributed by atoms with Gasteiger partial charge in [-0.05, 0) is 43.3 Å². The molecule has 196 valence electrons. The van der Waals surface area contributed by atoms with Crippen LogP contribution in [0, 0.1) is 30.3 Å². The Morgan fingerprint density at radius 3 is 2.00 bits per heavy atom. The zero-order valence-electron chi connectivity index (χ0n) is 18.6. The van der Waals surface area contributed by atoms with Gasteiger partial charge in [0.1, 0.15) is 11.5 Å². The predicted molar refractivity (Wildman–Crippen MR) is 124 cm³/mol. The van der Waals surface area contributed by atoms with Crippen molar-refractivity contribution in [2.24, 2.45) is 0 Å². The van der Waals surface area contributed by atoms with Crippen molar-refractivity contribution in [3.05, 3.63) is 108 Å². The van der Waals surface area contributed by atoms with Gasteiger partial charge in [-0.2, -0.15) is 13.2 Å². The zero-order chi connectivity index (χ0) is 27.8. The van der Waals surface area contributed by atoms with Gasteiger partial charge in [-0.25, -0.2) is 20.2 Å². The molecule has 0 fully saturated rings. The summed E-state index contributed by atoms with van der Waals surface area (Å²) < 4.78 is 48.4. The number of ether oxygens (including phenoxy) is 2. The van der Waals surface area contributed by atoms with E-state index in [2.05, 4.69) is 0 Å². The molecule has 0 saturated carbocycles. The van der Waals surface area contributed by atoms with Crippen LogP contribution >= 0.6 is 11.6 Å². The van der Waals surface area contributed by atoms with Gasteiger partial charge in [0, 0.05) is 12.1 Å². The molecule has 0 aliphatic rings. The molecule has 0 aliphatic carbocycles. The summed E-state index contributed by atoms with van der Waals surface area (Å²) in [6.07, 6.45) is -4.52. The normalized spacial score (nSPS) is 10.5. The van der Waals surface area contributed by atoms with Crippen LogP contribution in [0.5, 0.6) is 17.2 Å². The first-order valence-corrected chi connectivity index (χ1v) is 10.3. The number of nitro benzene ring substituents is 1. The van der Waals surface area contributed by atoms with Crippen LogP contribution < -0.4 is 14.6 Å². The molecule has 0 unspecified atom stereocenters. The average molecular weight is 545 g/mol. The van der Waals surface area contributed by atoms with E-state index < -0.39 is 26.7 Å². The number of hydrogen-bond donors (Lipinski definition) is 0. The molecule has 0 atom stereocenters. The Morgan fingerprint density at radius 1 is 0.892 bits per heavy atom. The first kappa shape index (κ1) is 28.6. The molecular formula is C21H16ClF3N4O8. The van der Waals surface area contributed by atoms with Gasteiger partial charge < -0.3 is 9.47 Å². The van der Waals surface area contributed by atoms with Gasteiger partial charge in [0.2, 0.25) is 15.8 Å². The van der Waals surface area contributed by atoms with E-state index in [0.717, 1.165) is 18.2 Å². The fraction of sp³-hybridized carbons (Fsp3) is 0.143. The molecule has 0 saturated heterocycles. The van der Waals surface area contributed by atoms with Crippen LogP contribution in [0.1, 0.15) is 12.5 Å². The van der Waals surface area contributed by atoms with E-state index in [4.69, 9.17) is 21.1 Å². The molecule has 16 heteroatoms. The number of para-hydroxylation sites is 1. The van der Waals surface area contributed by atoms with Crippen molar-refractivity contribution in [2.75, 3.05) is 11.7 Å². The molecule has 0 aromatic heterocycles. The van der Waals surface area contributed by atoms with Crippen LogP contribution in [0.4, 0.5) is 24.5 Å². The van der Waals surface area contributed by atoms with Crippen LogP contribution in [-0.4, -0.2) is 21.6 Å². The minimum atomic E-state index is -4.52. The van der Waals surface area contributed by atoms with E-state index in [1.54, 1.807) is 13.0 Å². The number of rotatable bonds is 8. The molecule has 3 aromatic carbocycles. The van der Waals surface area contributed by atoms with E-state index in [1.165, 1.54) is 42.5 Å². The lowest BCUT2D eigenvalue weighted by Crippen LogP contribution is -2.35. The number of nitro groups is 3. The number of alkyl halides is 3. The first-order valence-electron chi connectivity index (χ1n) is 9.94. The fourth-order valence-corrected chi connectivity index (χ4v) is 2.90. The summed E-state index contributed by atoms with van der Waals surface area (Å²) in [6, 6.07) is 13.5. The van der Waals surface area contributed by atoms with Gasteiger partial charge >= 0.3 is 11.9 Å². The van der Waals surface area contributed by atoms with Crippen molar-refractivity contribution in [2.45, 2.75) is 13.1 Å². The fourth-order valence-electron chi connectivity index (χ4n) is 2.68. The van der Waals surface area contributed by atoms with Gasteiger partial charge in [-0.15, -0.1) is 0 Å². The molecule has 0 bridgehead atoms. The van der Waals surface area contributed by atoms with Gasteiger partial charge in [0.15, 0.2) is 10.8 Å². The third-order valence-electron chi connectivity index (χ3n) is 4.21. The highest BCUT2D eigenvalue weighted by molar-refractivity contribution is 6.32. The van der Waals surface area contributed by atoms with Crippen molar-refractivity contribution in [1.29, 1.82) is 0 Å². The Balaban J connectivity index is 0.000000312. The number of benzene rings is 3. The number of halogens is 4. The molecule has 3 rings (SSSR count). The molecule has 0 amide bonds. The lowest BCUT2D eigenvalue weighted by Gasteiger charge is -2.12. The number of anilines is 1. The summed E-state index contributed by atoms with van der Waals surface area (Å²) in [5.74, 6) is 0.120.